The van der Waals surface area contributed by atoms with Gasteiger partial charge in [-0.3, -0.25) is 4.90 Å². The van der Waals surface area contributed by atoms with Crippen molar-refractivity contribution in [3.63, 3.8) is 0 Å². The van der Waals surface area contributed by atoms with Crippen LogP contribution in [0.1, 0.15) is 52.9 Å². The Morgan fingerprint density at radius 2 is 1.82 bits per heavy atom. The van der Waals surface area contributed by atoms with E-state index in [-0.39, 0.29) is 0 Å². The van der Waals surface area contributed by atoms with E-state index in [1.807, 2.05) is 0 Å². The van der Waals surface area contributed by atoms with Crippen LogP contribution in [0.15, 0.2) is 0 Å². The summed E-state index contributed by atoms with van der Waals surface area (Å²) >= 11 is 0. The predicted molar refractivity (Wildman–Crippen MR) is 74.2 cm³/mol. The second kappa shape index (κ2) is 6.19. The highest BCUT2D eigenvalue weighted by Gasteiger charge is 2.32. The Kier molecular flexibility index (Phi) is 4.87. The first-order valence-electron chi connectivity index (χ1n) is 7.66. The highest BCUT2D eigenvalue weighted by molar-refractivity contribution is 4.87. The third-order valence-corrected chi connectivity index (χ3v) is 4.85. The molecule has 0 radical (unpaired) electrons. The lowest BCUT2D eigenvalue weighted by molar-refractivity contribution is 0.0835. The van der Waals surface area contributed by atoms with E-state index in [0.717, 1.165) is 17.9 Å². The van der Waals surface area contributed by atoms with Crippen molar-refractivity contribution < 1.29 is 0 Å². The highest BCUT2D eigenvalue weighted by atomic mass is 15.2. The summed E-state index contributed by atoms with van der Waals surface area (Å²) in [6.45, 7) is 10.9. The predicted octanol–water partition coefficient (Wildman–Crippen LogP) is 2.89. The van der Waals surface area contributed by atoms with Crippen molar-refractivity contribution in [2.45, 2.75) is 65.0 Å². The molecule has 0 spiro atoms. The monoisotopic (exact) mass is 238 g/mol. The van der Waals surface area contributed by atoms with Gasteiger partial charge in [-0.1, -0.05) is 26.7 Å². The van der Waals surface area contributed by atoms with Gasteiger partial charge >= 0.3 is 0 Å². The van der Waals surface area contributed by atoms with Gasteiger partial charge in [0.2, 0.25) is 0 Å². The largest absolute Gasteiger partial charge is 0.313 e. The zero-order valence-corrected chi connectivity index (χ0v) is 11.9. The summed E-state index contributed by atoms with van der Waals surface area (Å²) < 4.78 is 0. The molecule has 0 bridgehead atoms. The summed E-state index contributed by atoms with van der Waals surface area (Å²) in [5.74, 6) is 1.80. The van der Waals surface area contributed by atoms with E-state index in [2.05, 4.69) is 31.0 Å². The quantitative estimate of drug-likeness (QED) is 0.796. The Balaban J connectivity index is 1.97. The average Bonchev–Trinajstić information content (AvgIpc) is 2.54. The second-order valence-electron chi connectivity index (χ2n) is 6.44. The van der Waals surface area contributed by atoms with Crippen LogP contribution in [0, 0.1) is 11.8 Å². The second-order valence-corrected chi connectivity index (χ2v) is 6.44. The van der Waals surface area contributed by atoms with Crippen LogP contribution >= 0.6 is 0 Å². The van der Waals surface area contributed by atoms with E-state index in [1.165, 1.54) is 51.7 Å². The van der Waals surface area contributed by atoms with Crippen molar-refractivity contribution in [1.82, 2.24) is 10.2 Å². The van der Waals surface area contributed by atoms with Crippen LogP contribution in [0.4, 0.5) is 0 Å². The van der Waals surface area contributed by atoms with E-state index in [4.69, 9.17) is 0 Å². The van der Waals surface area contributed by atoms with Crippen molar-refractivity contribution in [1.29, 1.82) is 0 Å². The number of hydrogen-bond acceptors (Lipinski definition) is 2. The van der Waals surface area contributed by atoms with Gasteiger partial charge < -0.3 is 5.32 Å². The summed E-state index contributed by atoms with van der Waals surface area (Å²) in [6.07, 6.45) is 7.13. The molecule has 0 amide bonds. The molecule has 100 valence electrons. The Bertz CT molecular complexity index is 227. The van der Waals surface area contributed by atoms with Gasteiger partial charge in [0.05, 0.1) is 0 Å². The number of nitrogens with one attached hydrogen (secondary N) is 1. The van der Waals surface area contributed by atoms with Crippen LogP contribution in [0.2, 0.25) is 0 Å². The molecule has 2 aliphatic rings. The topological polar surface area (TPSA) is 15.3 Å². The Hall–Kier alpha value is -0.0800. The van der Waals surface area contributed by atoms with Crippen LogP contribution in [0.3, 0.4) is 0 Å². The molecular formula is C15H30N2. The molecule has 3 unspecified atom stereocenters. The molecular weight excluding hydrogens is 208 g/mol. The molecule has 17 heavy (non-hydrogen) atoms. The Morgan fingerprint density at radius 3 is 2.59 bits per heavy atom. The third-order valence-electron chi connectivity index (χ3n) is 4.85. The normalized spacial score (nSPS) is 37.1. The smallest absolute Gasteiger partial charge is 0.0126 e. The molecule has 1 heterocycles. The summed E-state index contributed by atoms with van der Waals surface area (Å²) in [4.78, 5) is 2.79. The van der Waals surface area contributed by atoms with Crippen LogP contribution in [0.25, 0.3) is 0 Å². The minimum absolute atomic E-state index is 0.709. The minimum atomic E-state index is 0.709. The van der Waals surface area contributed by atoms with Gasteiger partial charge in [0.15, 0.2) is 0 Å². The molecule has 1 aliphatic heterocycles. The van der Waals surface area contributed by atoms with Crippen molar-refractivity contribution in [3.05, 3.63) is 0 Å². The van der Waals surface area contributed by atoms with Gasteiger partial charge in [0.25, 0.3) is 0 Å². The van der Waals surface area contributed by atoms with E-state index in [9.17, 15) is 0 Å². The van der Waals surface area contributed by atoms with Gasteiger partial charge in [-0.25, -0.2) is 0 Å². The maximum atomic E-state index is 3.62. The molecule has 2 heteroatoms. The van der Waals surface area contributed by atoms with Crippen LogP contribution in [-0.4, -0.2) is 36.6 Å². The highest BCUT2D eigenvalue weighted by Crippen LogP contribution is 2.33. The first-order chi connectivity index (χ1) is 8.18. The molecule has 0 aromatic heterocycles. The van der Waals surface area contributed by atoms with Crippen molar-refractivity contribution in [2.75, 3.05) is 19.6 Å². The molecule has 1 saturated carbocycles. The van der Waals surface area contributed by atoms with E-state index >= 15 is 0 Å². The molecule has 2 nitrogen and oxygen atoms in total. The molecule has 3 atom stereocenters. The summed E-state index contributed by atoms with van der Waals surface area (Å²) in [5, 5.41) is 3.62. The SMILES string of the molecule is CC1CCN(C2CCCCC2C(C)C)CCN1. The summed E-state index contributed by atoms with van der Waals surface area (Å²) in [7, 11) is 0. The van der Waals surface area contributed by atoms with Gasteiger partial charge in [0, 0.05) is 25.2 Å². The molecule has 0 aromatic carbocycles. The lowest BCUT2D eigenvalue weighted by Crippen LogP contribution is -2.45. The van der Waals surface area contributed by atoms with E-state index < -0.39 is 0 Å². The van der Waals surface area contributed by atoms with Crippen molar-refractivity contribution >= 4 is 0 Å². The van der Waals surface area contributed by atoms with Gasteiger partial charge in [-0.2, -0.15) is 0 Å². The molecule has 2 rings (SSSR count). The van der Waals surface area contributed by atoms with Gasteiger partial charge in [-0.15, -0.1) is 0 Å². The minimum Gasteiger partial charge on any atom is -0.313 e. The molecule has 1 N–H and O–H groups in total. The molecule has 2 fully saturated rings. The van der Waals surface area contributed by atoms with Crippen LogP contribution in [0.5, 0.6) is 0 Å². The fourth-order valence-corrected chi connectivity index (χ4v) is 3.73. The van der Waals surface area contributed by atoms with E-state index in [0.29, 0.717) is 6.04 Å². The Morgan fingerprint density at radius 1 is 1.06 bits per heavy atom. The van der Waals surface area contributed by atoms with Crippen LogP contribution in [-0.2, 0) is 0 Å². The maximum absolute atomic E-state index is 3.62. The number of rotatable bonds is 2. The molecule has 1 aliphatic carbocycles. The lowest BCUT2D eigenvalue weighted by Gasteiger charge is -2.41. The standard InChI is InChI=1S/C15H30N2/c1-12(2)14-6-4-5-7-15(14)17-10-8-13(3)16-9-11-17/h12-16H,4-11H2,1-3H3. The number of hydrogen-bond donors (Lipinski definition) is 1. The third kappa shape index (κ3) is 3.45. The van der Waals surface area contributed by atoms with Gasteiger partial charge in [0.1, 0.15) is 0 Å². The van der Waals surface area contributed by atoms with Crippen molar-refractivity contribution in [3.8, 4) is 0 Å². The zero-order valence-electron chi connectivity index (χ0n) is 11.9. The van der Waals surface area contributed by atoms with Gasteiger partial charge in [-0.05, 0) is 44.6 Å². The lowest BCUT2D eigenvalue weighted by atomic mass is 9.77. The molecule has 1 saturated heterocycles. The molecule has 0 aromatic rings. The van der Waals surface area contributed by atoms with E-state index in [1.54, 1.807) is 0 Å². The average molecular weight is 238 g/mol. The van der Waals surface area contributed by atoms with Crippen molar-refractivity contribution in [2.24, 2.45) is 11.8 Å². The first-order valence-corrected chi connectivity index (χ1v) is 7.66. The zero-order chi connectivity index (χ0) is 12.3. The summed E-state index contributed by atoms with van der Waals surface area (Å²) in [5.41, 5.74) is 0. The fourth-order valence-electron chi connectivity index (χ4n) is 3.73. The Labute approximate surface area is 107 Å². The maximum Gasteiger partial charge on any atom is 0.0126 e. The fraction of sp³-hybridized carbons (Fsp3) is 1.00. The first kappa shape index (κ1) is 13.4. The number of nitrogens with zero attached hydrogens (tertiary/aromatic N) is 1. The van der Waals surface area contributed by atoms with Crippen LogP contribution < -0.4 is 5.32 Å². The summed E-state index contributed by atoms with van der Waals surface area (Å²) in [6, 6.07) is 1.58.